The van der Waals surface area contributed by atoms with Crippen molar-refractivity contribution in [2.24, 2.45) is 0 Å². The lowest BCUT2D eigenvalue weighted by atomic mass is 10.3. The summed E-state index contributed by atoms with van der Waals surface area (Å²) in [4.78, 5) is 0.655. The van der Waals surface area contributed by atoms with Crippen molar-refractivity contribution in [2.75, 3.05) is 5.17 Å². The molecule has 0 saturated heterocycles. The molecule has 0 atom stereocenters. The SMILES string of the molecule is C/C=[N+](/[O-])N([O][AlH2])c1ccccc1. The van der Waals surface area contributed by atoms with Crippen LogP contribution in [0.2, 0.25) is 0 Å². The lowest BCUT2D eigenvalue weighted by Gasteiger charge is -2.19. The van der Waals surface area contributed by atoms with Gasteiger partial charge in [0.2, 0.25) is 0 Å². The molecule has 0 aliphatic rings. The summed E-state index contributed by atoms with van der Waals surface area (Å²) < 4.78 is 5.04. The van der Waals surface area contributed by atoms with E-state index in [-0.39, 0.29) is 0 Å². The number of rotatable bonds is 3. The Morgan fingerprint density at radius 3 is 2.54 bits per heavy atom. The van der Waals surface area contributed by atoms with Crippen LogP contribution < -0.4 is 5.17 Å². The molecule has 1 rings (SSSR count). The molecule has 0 N–H and O–H groups in total. The first-order valence-electron chi connectivity index (χ1n) is 3.94. The topological polar surface area (TPSA) is 38.5 Å². The Labute approximate surface area is 85.3 Å². The third-order valence-corrected chi connectivity index (χ3v) is 1.90. The molecular formula is C8H11AlN2O2. The Morgan fingerprint density at radius 1 is 1.46 bits per heavy atom. The molecule has 4 nitrogen and oxygen atoms in total. The van der Waals surface area contributed by atoms with Crippen LogP contribution in [-0.2, 0) is 3.89 Å². The van der Waals surface area contributed by atoms with Gasteiger partial charge in [0.05, 0.1) is 0 Å². The van der Waals surface area contributed by atoms with Crippen molar-refractivity contribution in [1.82, 2.24) is 0 Å². The summed E-state index contributed by atoms with van der Waals surface area (Å²) in [6.45, 7) is 1.66. The van der Waals surface area contributed by atoms with Crippen LogP contribution in [0.25, 0.3) is 0 Å². The maximum Gasteiger partial charge on any atom is 0.462 e. The average molecular weight is 194 g/mol. The monoisotopic (exact) mass is 194 g/mol. The van der Waals surface area contributed by atoms with Gasteiger partial charge in [-0.1, -0.05) is 23.0 Å². The minimum Gasteiger partial charge on any atom is -0.595 e. The first-order chi connectivity index (χ1) is 6.29. The van der Waals surface area contributed by atoms with Crippen molar-refractivity contribution in [2.45, 2.75) is 6.92 Å². The van der Waals surface area contributed by atoms with Crippen LogP contribution >= 0.6 is 0 Å². The highest BCUT2D eigenvalue weighted by molar-refractivity contribution is 5.98. The Hall–Kier alpha value is -1.02. The number of nitrogens with zero attached hydrogens (tertiary/aromatic N) is 2. The van der Waals surface area contributed by atoms with Crippen LogP contribution in [-0.4, -0.2) is 27.7 Å². The van der Waals surface area contributed by atoms with Crippen LogP contribution in [0.1, 0.15) is 6.92 Å². The number of hydrazone groups is 1. The van der Waals surface area contributed by atoms with E-state index in [1.165, 1.54) is 11.4 Å². The fourth-order valence-electron chi connectivity index (χ4n) is 0.960. The Kier molecular flexibility index (Phi) is 3.78. The number of para-hydroxylation sites is 1. The molecule has 1 aromatic carbocycles. The lowest BCUT2D eigenvalue weighted by molar-refractivity contribution is -0.510. The summed E-state index contributed by atoms with van der Waals surface area (Å²) >= 11 is 0.474. The third kappa shape index (κ3) is 2.46. The van der Waals surface area contributed by atoms with Gasteiger partial charge in [-0.05, 0) is 17.3 Å². The van der Waals surface area contributed by atoms with Gasteiger partial charge in [0.25, 0.3) is 0 Å². The van der Waals surface area contributed by atoms with Crippen LogP contribution in [0.4, 0.5) is 5.69 Å². The van der Waals surface area contributed by atoms with Gasteiger partial charge in [-0.25, -0.2) is 0 Å². The molecule has 0 spiro atoms. The normalized spacial score (nSPS) is 11.3. The molecule has 68 valence electrons. The summed E-state index contributed by atoms with van der Waals surface area (Å²) in [5, 5.41) is 12.4. The van der Waals surface area contributed by atoms with Gasteiger partial charge >= 0.3 is 16.6 Å². The van der Waals surface area contributed by atoms with Crippen molar-refractivity contribution >= 4 is 28.5 Å². The molecule has 0 bridgehead atoms. The molecule has 13 heavy (non-hydrogen) atoms. The maximum absolute atomic E-state index is 11.2. The van der Waals surface area contributed by atoms with Gasteiger partial charge < -0.3 is 9.10 Å². The second-order valence-corrected chi connectivity index (χ2v) is 2.72. The predicted molar refractivity (Wildman–Crippen MR) is 53.9 cm³/mol. The minimum atomic E-state index is 0.474. The van der Waals surface area contributed by atoms with E-state index >= 15 is 0 Å². The van der Waals surface area contributed by atoms with Crippen molar-refractivity contribution in [3.63, 3.8) is 0 Å². The van der Waals surface area contributed by atoms with Gasteiger partial charge in [-0.2, -0.15) is 0 Å². The molecular weight excluding hydrogens is 183 g/mol. The van der Waals surface area contributed by atoms with E-state index in [4.69, 9.17) is 3.89 Å². The van der Waals surface area contributed by atoms with E-state index in [9.17, 15) is 5.21 Å². The van der Waals surface area contributed by atoms with Crippen LogP contribution in [0.15, 0.2) is 30.3 Å². The highest BCUT2D eigenvalue weighted by Gasteiger charge is 2.09. The third-order valence-electron chi connectivity index (χ3n) is 1.55. The highest BCUT2D eigenvalue weighted by atomic mass is 27.1. The van der Waals surface area contributed by atoms with E-state index in [0.717, 1.165) is 5.69 Å². The van der Waals surface area contributed by atoms with Gasteiger partial charge in [0, 0.05) is 6.92 Å². The summed E-state index contributed by atoms with van der Waals surface area (Å²) in [5.41, 5.74) is 0.727. The number of hydrogen-bond acceptors (Lipinski definition) is 3. The van der Waals surface area contributed by atoms with Crippen LogP contribution in [0.3, 0.4) is 0 Å². The zero-order valence-electron chi connectivity index (χ0n) is 7.68. The fourth-order valence-corrected chi connectivity index (χ4v) is 1.33. The molecule has 0 fully saturated rings. The molecule has 0 heterocycles. The van der Waals surface area contributed by atoms with E-state index in [1.54, 1.807) is 6.92 Å². The average Bonchev–Trinajstić information content (AvgIpc) is 2.20. The second kappa shape index (κ2) is 4.88. The van der Waals surface area contributed by atoms with Gasteiger partial charge in [0.1, 0.15) is 5.69 Å². The molecule has 1 aromatic rings. The molecule has 0 amide bonds. The zero-order chi connectivity index (χ0) is 9.68. The van der Waals surface area contributed by atoms with Gasteiger partial charge in [0.15, 0.2) is 6.21 Å². The molecule has 0 radical (unpaired) electrons. The maximum atomic E-state index is 11.2. The van der Waals surface area contributed by atoms with E-state index in [2.05, 4.69) is 0 Å². The fraction of sp³-hybridized carbons (Fsp3) is 0.125. The zero-order valence-corrected chi connectivity index (χ0v) is 9.68. The number of benzene rings is 1. The molecule has 0 aromatic heterocycles. The molecule has 0 aliphatic heterocycles. The predicted octanol–water partition coefficient (Wildman–Crippen LogP) is 0.489. The number of anilines is 1. The number of hydrogen-bond donors (Lipinski definition) is 0. The Balaban J connectivity index is 2.91. The summed E-state index contributed by atoms with van der Waals surface area (Å²) in [7, 11) is 0. The second-order valence-electron chi connectivity index (χ2n) is 2.35. The highest BCUT2D eigenvalue weighted by Crippen LogP contribution is 2.12. The molecule has 0 unspecified atom stereocenters. The van der Waals surface area contributed by atoms with Crippen molar-refractivity contribution < 1.29 is 8.74 Å². The van der Waals surface area contributed by atoms with Gasteiger partial charge in [-0.3, -0.25) is 0 Å². The van der Waals surface area contributed by atoms with Crippen LogP contribution in [0, 0.1) is 5.21 Å². The summed E-state index contributed by atoms with van der Waals surface area (Å²) in [6, 6.07) is 9.22. The molecule has 0 saturated carbocycles. The quantitative estimate of drug-likeness (QED) is 0.231. The smallest absolute Gasteiger partial charge is 0.462 e. The Bertz CT molecular complexity index is 289. The van der Waals surface area contributed by atoms with Crippen LogP contribution in [0.5, 0.6) is 0 Å². The van der Waals surface area contributed by atoms with Crippen molar-refractivity contribution in [3.8, 4) is 0 Å². The minimum absolute atomic E-state index is 0.474. The van der Waals surface area contributed by atoms with Gasteiger partial charge in [-0.15, -0.1) is 0 Å². The number of hydrazine groups is 1. The van der Waals surface area contributed by atoms with Crippen molar-refractivity contribution in [1.29, 1.82) is 0 Å². The molecule has 5 heteroatoms. The molecule has 0 aliphatic carbocycles. The van der Waals surface area contributed by atoms with E-state index in [0.29, 0.717) is 21.5 Å². The first-order valence-corrected chi connectivity index (χ1v) is 4.76. The van der Waals surface area contributed by atoms with E-state index in [1.807, 2.05) is 30.3 Å². The summed E-state index contributed by atoms with van der Waals surface area (Å²) in [6.07, 6.45) is 1.39. The van der Waals surface area contributed by atoms with E-state index < -0.39 is 0 Å². The van der Waals surface area contributed by atoms with Crippen molar-refractivity contribution in [3.05, 3.63) is 35.5 Å². The largest absolute Gasteiger partial charge is 0.595 e. The first kappa shape index (κ1) is 10.1. The summed E-state index contributed by atoms with van der Waals surface area (Å²) in [5.74, 6) is 0. The standard InChI is InChI=1S/C8H9N2O2.Al.2H/c1-2-9(11)10(12)8-6-4-3-5-7-8;;;/h2-7H,1H3;;;/q-1;+1;;/b9-2+;;;. The Morgan fingerprint density at radius 2 is 2.08 bits per heavy atom. The lowest BCUT2D eigenvalue weighted by Crippen LogP contribution is -2.31.